The van der Waals surface area contributed by atoms with Crippen LogP contribution in [0.2, 0.25) is 0 Å². The van der Waals surface area contributed by atoms with Crippen molar-refractivity contribution in [3.8, 4) is 5.75 Å². The number of carbonyl (C=O) groups is 2. The summed E-state index contributed by atoms with van der Waals surface area (Å²) in [6.45, 7) is 6.04. The van der Waals surface area contributed by atoms with E-state index in [1.807, 2.05) is 13.0 Å². The highest BCUT2D eigenvalue weighted by Crippen LogP contribution is 2.27. The number of aromatic hydroxyl groups is 1. The van der Waals surface area contributed by atoms with Gasteiger partial charge >= 0.3 is 11.9 Å². The Morgan fingerprint density at radius 1 is 0.943 bits per heavy atom. The quantitative estimate of drug-likeness (QED) is 0.219. The van der Waals surface area contributed by atoms with Gasteiger partial charge in [-0.25, -0.2) is 4.79 Å². The van der Waals surface area contributed by atoms with Gasteiger partial charge in [0.05, 0.1) is 19.1 Å². The van der Waals surface area contributed by atoms with Crippen molar-refractivity contribution in [1.29, 1.82) is 0 Å². The van der Waals surface area contributed by atoms with Crippen LogP contribution in [0.15, 0.2) is 48.0 Å². The number of aliphatic hydroxyl groups excluding tert-OH is 1. The summed E-state index contributed by atoms with van der Waals surface area (Å²) in [6, 6.07) is 13.5. The van der Waals surface area contributed by atoms with E-state index in [1.165, 1.54) is 5.56 Å². The Bertz CT molecular complexity index is 977. The number of aryl methyl sites for hydroxylation is 3. The lowest BCUT2D eigenvalue weighted by molar-refractivity contribution is -0.148. The predicted molar refractivity (Wildman–Crippen MR) is 137 cm³/mol. The maximum absolute atomic E-state index is 12.8. The molecule has 0 spiro atoms. The van der Waals surface area contributed by atoms with Crippen LogP contribution in [0.25, 0.3) is 6.08 Å². The number of carbonyl (C=O) groups excluding carboxylic acids is 2. The molecular formula is C29H38O6. The Hall–Kier alpha value is -3.12. The van der Waals surface area contributed by atoms with E-state index in [0.717, 1.165) is 30.4 Å². The van der Waals surface area contributed by atoms with Crippen molar-refractivity contribution >= 4 is 18.0 Å². The van der Waals surface area contributed by atoms with Gasteiger partial charge in [-0.1, -0.05) is 36.4 Å². The first kappa shape index (κ1) is 28.1. The maximum Gasteiger partial charge on any atom is 0.334 e. The first-order chi connectivity index (χ1) is 16.9. The standard InChI is InChI=1S/C29H38O6/c1-4-34-28(32)25(16-14-23-12-10-22(11-13-23)8-6-7-17-30)20-26(29(33)35-5-2)19-24-15-9-21(3)18-27(24)31/h9-13,15,18-19,25,30-31H,4-8,14,16-17,20H2,1-3H3. The molecule has 0 heterocycles. The van der Waals surface area contributed by atoms with Gasteiger partial charge in [-0.2, -0.15) is 0 Å². The SMILES string of the molecule is CCOC(=O)C(=Cc1ccc(C)cc1O)CC(CCc1ccc(CCCCO)cc1)C(=O)OCC. The zero-order valence-electron chi connectivity index (χ0n) is 21.1. The number of aliphatic hydroxyl groups is 1. The fourth-order valence-corrected chi connectivity index (χ4v) is 3.87. The summed E-state index contributed by atoms with van der Waals surface area (Å²) in [5.41, 5.74) is 4.04. The summed E-state index contributed by atoms with van der Waals surface area (Å²) in [7, 11) is 0. The second-order valence-corrected chi connectivity index (χ2v) is 8.64. The van der Waals surface area contributed by atoms with Crippen LogP contribution in [0.1, 0.15) is 61.8 Å². The van der Waals surface area contributed by atoms with Crippen LogP contribution in [0, 0.1) is 12.8 Å². The van der Waals surface area contributed by atoms with E-state index in [4.69, 9.17) is 14.6 Å². The van der Waals surface area contributed by atoms with Gasteiger partial charge in [0.15, 0.2) is 0 Å². The number of hydrogen-bond donors (Lipinski definition) is 2. The molecule has 1 unspecified atom stereocenters. The van der Waals surface area contributed by atoms with E-state index in [9.17, 15) is 14.7 Å². The Kier molecular flexibility index (Phi) is 12.0. The molecule has 2 aromatic rings. The topological polar surface area (TPSA) is 93.1 Å². The van der Waals surface area contributed by atoms with Gasteiger partial charge in [0.2, 0.25) is 0 Å². The minimum atomic E-state index is -0.526. The fourth-order valence-electron chi connectivity index (χ4n) is 3.87. The lowest BCUT2D eigenvalue weighted by atomic mass is 9.91. The second kappa shape index (κ2) is 15.0. The normalized spacial score (nSPS) is 12.3. The molecule has 35 heavy (non-hydrogen) atoms. The molecule has 0 bridgehead atoms. The van der Waals surface area contributed by atoms with Crippen molar-refractivity contribution in [2.24, 2.45) is 5.92 Å². The largest absolute Gasteiger partial charge is 0.507 e. The number of benzene rings is 2. The first-order valence-electron chi connectivity index (χ1n) is 12.4. The number of hydrogen-bond acceptors (Lipinski definition) is 6. The highest BCUT2D eigenvalue weighted by Gasteiger charge is 2.25. The predicted octanol–water partition coefficient (Wildman–Crippen LogP) is 5.16. The van der Waals surface area contributed by atoms with Crippen LogP contribution < -0.4 is 0 Å². The van der Waals surface area contributed by atoms with Crippen molar-refractivity contribution in [1.82, 2.24) is 0 Å². The third-order valence-corrected chi connectivity index (χ3v) is 5.82. The molecule has 2 aromatic carbocycles. The van der Waals surface area contributed by atoms with Gasteiger partial charge < -0.3 is 19.7 Å². The van der Waals surface area contributed by atoms with Gasteiger partial charge in [-0.3, -0.25) is 4.79 Å². The molecule has 0 saturated heterocycles. The number of phenols is 1. The van der Waals surface area contributed by atoms with Crippen molar-refractivity contribution in [3.63, 3.8) is 0 Å². The van der Waals surface area contributed by atoms with Gasteiger partial charge in [0, 0.05) is 17.7 Å². The van der Waals surface area contributed by atoms with Crippen molar-refractivity contribution in [3.05, 3.63) is 70.3 Å². The molecule has 0 radical (unpaired) electrons. The van der Waals surface area contributed by atoms with Crippen LogP contribution in [-0.2, 0) is 31.9 Å². The fraction of sp³-hybridized carbons (Fsp3) is 0.448. The van der Waals surface area contributed by atoms with E-state index >= 15 is 0 Å². The molecular weight excluding hydrogens is 444 g/mol. The molecule has 0 amide bonds. The van der Waals surface area contributed by atoms with E-state index in [-0.39, 0.29) is 38.0 Å². The van der Waals surface area contributed by atoms with Gasteiger partial charge in [0.25, 0.3) is 0 Å². The zero-order valence-corrected chi connectivity index (χ0v) is 21.1. The van der Waals surface area contributed by atoms with Crippen molar-refractivity contribution < 1.29 is 29.3 Å². The highest BCUT2D eigenvalue weighted by atomic mass is 16.5. The van der Waals surface area contributed by atoms with E-state index in [0.29, 0.717) is 24.0 Å². The third kappa shape index (κ3) is 9.57. The monoisotopic (exact) mass is 482 g/mol. The molecule has 2 N–H and O–H groups in total. The van der Waals surface area contributed by atoms with Crippen LogP contribution in [-0.4, -0.2) is 42.0 Å². The van der Waals surface area contributed by atoms with Crippen LogP contribution in [0.5, 0.6) is 5.75 Å². The first-order valence-corrected chi connectivity index (χ1v) is 12.4. The number of phenolic OH excluding ortho intramolecular Hbond substituents is 1. The molecule has 0 saturated carbocycles. The molecule has 1 atom stereocenters. The number of ether oxygens (including phenoxy) is 2. The maximum atomic E-state index is 12.8. The average molecular weight is 483 g/mol. The molecule has 0 fully saturated rings. The van der Waals surface area contributed by atoms with Gasteiger partial charge in [-0.05, 0) is 88.1 Å². The average Bonchev–Trinajstić information content (AvgIpc) is 2.83. The molecule has 2 rings (SSSR count). The van der Waals surface area contributed by atoms with Crippen molar-refractivity contribution in [2.45, 2.75) is 59.3 Å². The van der Waals surface area contributed by atoms with Crippen molar-refractivity contribution in [2.75, 3.05) is 19.8 Å². The van der Waals surface area contributed by atoms with Gasteiger partial charge in [-0.15, -0.1) is 0 Å². The van der Waals surface area contributed by atoms with E-state index in [1.54, 1.807) is 32.1 Å². The number of rotatable bonds is 14. The minimum absolute atomic E-state index is 0.0681. The van der Waals surface area contributed by atoms with E-state index < -0.39 is 11.9 Å². The summed E-state index contributed by atoms with van der Waals surface area (Å²) in [5.74, 6) is -1.31. The van der Waals surface area contributed by atoms with Crippen LogP contribution in [0.4, 0.5) is 0 Å². The van der Waals surface area contributed by atoms with Gasteiger partial charge in [0.1, 0.15) is 5.75 Å². The molecule has 0 aliphatic carbocycles. The summed E-state index contributed by atoms with van der Waals surface area (Å²) in [6.07, 6.45) is 5.59. The summed E-state index contributed by atoms with van der Waals surface area (Å²) < 4.78 is 10.5. The summed E-state index contributed by atoms with van der Waals surface area (Å²) in [5, 5.41) is 19.3. The Labute approximate surface area is 208 Å². The van der Waals surface area contributed by atoms with E-state index in [2.05, 4.69) is 24.3 Å². The Morgan fingerprint density at radius 2 is 1.60 bits per heavy atom. The molecule has 0 aromatic heterocycles. The molecule has 190 valence electrons. The lowest BCUT2D eigenvalue weighted by Crippen LogP contribution is -2.22. The zero-order chi connectivity index (χ0) is 25.6. The molecule has 0 aliphatic rings. The summed E-state index contributed by atoms with van der Waals surface area (Å²) in [4.78, 5) is 25.5. The lowest BCUT2D eigenvalue weighted by Gasteiger charge is -2.17. The molecule has 0 aliphatic heterocycles. The number of esters is 2. The third-order valence-electron chi connectivity index (χ3n) is 5.82. The Balaban J connectivity index is 2.20. The minimum Gasteiger partial charge on any atom is -0.507 e. The van der Waals surface area contributed by atoms with Crippen LogP contribution >= 0.6 is 0 Å². The second-order valence-electron chi connectivity index (χ2n) is 8.64. The number of unbranched alkanes of at least 4 members (excludes halogenated alkanes) is 1. The smallest absolute Gasteiger partial charge is 0.334 e. The molecule has 6 nitrogen and oxygen atoms in total. The Morgan fingerprint density at radius 3 is 2.20 bits per heavy atom. The summed E-state index contributed by atoms with van der Waals surface area (Å²) >= 11 is 0. The molecule has 6 heteroatoms. The highest BCUT2D eigenvalue weighted by molar-refractivity contribution is 5.95. The van der Waals surface area contributed by atoms with Crippen LogP contribution in [0.3, 0.4) is 0 Å².